The molecule has 0 saturated heterocycles. The van der Waals surface area contributed by atoms with Crippen LogP contribution in [0.5, 0.6) is 28.7 Å². The van der Waals surface area contributed by atoms with E-state index in [0.29, 0.717) is 112 Å². The molecule has 688 valence electrons. The minimum absolute atomic E-state index is 0. The molecule has 0 bridgehead atoms. The fraction of sp³-hybridized carbons (Fsp3) is 0.596. The smallest absolute Gasteiger partial charge is 0.355 e. The molecule has 120 heavy (non-hydrogen) atoms. The van der Waals surface area contributed by atoms with Crippen LogP contribution in [0.25, 0.3) is 0 Å². The first-order chi connectivity index (χ1) is 53.3. The van der Waals surface area contributed by atoms with E-state index in [2.05, 4.69) is 71.1 Å². The molecule has 0 aromatic heterocycles. The minimum atomic E-state index is -1.20. The van der Waals surface area contributed by atoms with E-state index in [0.717, 1.165) is 86.6 Å². The lowest BCUT2D eigenvalue weighted by Crippen LogP contribution is -2.42. The number of ether oxygens (including phenoxy) is 13. The molecule has 6 rings (SSSR count). The lowest BCUT2D eigenvalue weighted by atomic mass is 9.89. The fourth-order valence-corrected chi connectivity index (χ4v) is 11.3. The SMILES string of the molecule is C.C.C.C.C.C.C.C.CCC(C)(C)C(=O)OCCOc1c(COC)cc(C)cc1COC.CCC(C)c1ccc(OC(=O)C(C)(C)Oc2c(COC)cc(C)cc2COC)cc1.CCC(C)c1ccc(OCCC(=O)Nc2c(CO)cc(C(C)C)cc2CO)cc1.CCOCc1cc(C(C)C)cc(COCC)c1OCCOC(=O)C(C)(CC)CO. The number of esters is 3. The molecular formula is C99H167NO20. The average Bonchev–Trinajstić information content (AvgIpc) is 0.829. The quantitative estimate of drug-likeness (QED) is 0.0157. The van der Waals surface area contributed by atoms with Gasteiger partial charge < -0.3 is 82.2 Å². The van der Waals surface area contributed by atoms with Gasteiger partial charge in [-0.1, -0.05) is 200 Å². The van der Waals surface area contributed by atoms with E-state index < -0.39 is 28.4 Å². The van der Waals surface area contributed by atoms with Crippen molar-refractivity contribution < 1.29 is 96.1 Å². The molecule has 0 heterocycles. The zero-order valence-electron chi connectivity index (χ0n) is 71.7. The van der Waals surface area contributed by atoms with Crippen molar-refractivity contribution in [3.63, 3.8) is 0 Å². The Hall–Kier alpha value is -7.96. The van der Waals surface area contributed by atoms with Crippen LogP contribution >= 0.6 is 0 Å². The Bertz CT molecular complexity index is 3660. The number of aliphatic hydroxyl groups is 3. The van der Waals surface area contributed by atoms with Gasteiger partial charge in [0.25, 0.3) is 0 Å². The Morgan fingerprint density at radius 3 is 1.10 bits per heavy atom. The van der Waals surface area contributed by atoms with Crippen LogP contribution in [-0.2, 0) is 110 Å². The average molecular weight is 1690 g/mol. The molecule has 0 fully saturated rings. The number of aryl methyl sites for hydroxylation is 2. The zero-order chi connectivity index (χ0) is 83.7. The Labute approximate surface area is 728 Å². The van der Waals surface area contributed by atoms with Gasteiger partial charge in [0.2, 0.25) is 11.5 Å². The summed E-state index contributed by atoms with van der Waals surface area (Å²) in [6.07, 6.45) is 3.57. The van der Waals surface area contributed by atoms with Crippen molar-refractivity contribution in [2.45, 2.75) is 305 Å². The van der Waals surface area contributed by atoms with Gasteiger partial charge in [-0.2, -0.15) is 0 Å². The zero-order valence-corrected chi connectivity index (χ0v) is 71.7. The molecule has 21 heteroatoms. The number of rotatable bonds is 44. The number of anilines is 1. The third kappa shape index (κ3) is 40.4. The highest BCUT2D eigenvalue weighted by molar-refractivity contribution is 5.92. The molecule has 0 aliphatic heterocycles. The number of carbonyl (C=O) groups is 4. The van der Waals surface area contributed by atoms with E-state index in [1.165, 1.54) is 16.7 Å². The first-order valence-electron chi connectivity index (χ1n) is 39.4. The Kier molecular flexibility index (Phi) is 65.4. The molecule has 0 aliphatic rings. The van der Waals surface area contributed by atoms with Crippen LogP contribution in [0.3, 0.4) is 0 Å². The number of hydrogen-bond acceptors (Lipinski definition) is 20. The molecule has 3 atom stereocenters. The summed E-state index contributed by atoms with van der Waals surface area (Å²) in [4.78, 5) is 49.5. The highest BCUT2D eigenvalue weighted by Gasteiger charge is 2.35. The summed E-state index contributed by atoms with van der Waals surface area (Å²) >= 11 is 0. The molecule has 6 aromatic carbocycles. The molecule has 0 radical (unpaired) electrons. The van der Waals surface area contributed by atoms with Gasteiger partial charge in [-0.25, -0.2) is 4.79 Å². The van der Waals surface area contributed by atoms with Crippen molar-refractivity contribution in [2.75, 3.05) is 86.6 Å². The highest BCUT2D eigenvalue weighted by atomic mass is 16.6. The van der Waals surface area contributed by atoms with Crippen molar-refractivity contribution in [3.05, 3.63) is 175 Å². The molecule has 0 saturated carbocycles. The molecule has 4 N–H and O–H groups in total. The monoisotopic (exact) mass is 1690 g/mol. The molecular weight excluding hydrogens is 1520 g/mol. The van der Waals surface area contributed by atoms with Gasteiger partial charge >= 0.3 is 17.9 Å². The summed E-state index contributed by atoms with van der Waals surface area (Å²) in [7, 11) is 6.56. The normalized spacial score (nSPS) is 11.6. The van der Waals surface area contributed by atoms with Crippen LogP contribution in [0, 0.1) is 24.7 Å². The standard InChI is InChI=1S/C25H34O5.C24H33NO4.C23H38O6.C19H30O5.8CH4/c1-8-18(3)19-9-11-22(12-10-19)29-24(26)25(4,5)30-23-20(15-27-6)13-17(2)14-21(23)16-28-7;1-5-17(4)18-6-8-22(9-7-18)29-11-10-23(28)25-24-20(14-26)12-19(16(2)3)13-21(24)15-27;1-7-23(6,16-24)22(25)29-11-10-28-21-19(14-26-8-2)12-18(17(4)5)13-20(21)15-27-9-3;1-7-19(3,4)18(20)24-9-8-23-17-15(12-21-5)10-14(2)11-16(17)13-22-6;;;;;;;;/h9-14,18H,8,15-16H2,1-7H3;6-9,12-13,16-17,26-27H,5,10-11,14-15H2,1-4H3,(H,25,28);12-13,17,24H,7-11,14-16H2,1-6H3;10-11H,7-9,12-13H2,1-6H3;8*1H4. The number of methoxy groups -OCH3 is 4. The molecule has 21 nitrogen and oxygen atoms in total. The fourth-order valence-electron chi connectivity index (χ4n) is 11.3. The van der Waals surface area contributed by atoms with Crippen LogP contribution in [0.2, 0.25) is 0 Å². The van der Waals surface area contributed by atoms with Crippen LogP contribution in [0.15, 0.2) is 97.1 Å². The van der Waals surface area contributed by atoms with E-state index in [1.807, 2.05) is 142 Å². The summed E-state index contributed by atoms with van der Waals surface area (Å²) in [5.74, 6) is 3.62. The van der Waals surface area contributed by atoms with E-state index >= 15 is 0 Å². The van der Waals surface area contributed by atoms with Crippen LogP contribution in [0.4, 0.5) is 5.69 Å². The van der Waals surface area contributed by atoms with Crippen LogP contribution in [0.1, 0.15) is 311 Å². The molecule has 3 unspecified atom stereocenters. The van der Waals surface area contributed by atoms with Crippen molar-refractivity contribution in [3.8, 4) is 28.7 Å². The van der Waals surface area contributed by atoms with Crippen LogP contribution < -0.4 is 29.0 Å². The first-order valence-corrected chi connectivity index (χ1v) is 39.4. The van der Waals surface area contributed by atoms with Crippen molar-refractivity contribution in [2.24, 2.45) is 10.8 Å². The van der Waals surface area contributed by atoms with Gasteiger partial charge in [0, 0.05) is 86.2 Å². The van der Waals surface area contributed by atoms with E-state index in [-0.39, 0.29) is 130 Å². The largest absolute Gasteiger partial charge is 0.493 e. The van der Waals surface area contributed by atoms with Crippen molar-refractivity contribution in [1.29, 1.82) is 0 Å². The number of aliphatic hydroxyl groups excluding tert-OH is 3. The molecule has 1 amide bonds. The number of carbonyl (C=O) groups excluding carboxylic acids is 4. The summed E-state index contributed by atoms with van der Waals surface area (Å²) in [6, 6.07) is 31.6. The second kappa shape index (κ2) is 63.9. The van der Waals surface area contributed by atoms with Gasteiger partial charge in [-0.15, -0.1) is 0 Å². The number of benzene rings is 6. The third-order valence-corrected chi connectivity index (χ3v) is 19.4. The first kappa shape index (κ1) is 123. The van der Waals surface area contributed by atoms with Gasteiger partial charge in [-0.3, -0.25) is 14.4 Å². The molecule has 0 aliphatic carbocycles. The summed E-state index contributed by atoms with van der Waals surface area (Å²) in [5, 5.41) is 31.7. The van der Waals surface area contributed by atoms with E-state index in [9.17, 15) is 34.5 Å². The Balaban J connectivity index is -0.000000354. The third-order valence-electron chi connectivity index (χ3n) is 19.4. The van der Waals surface area contributed by atoms with Gasteiger partial charge in [0.15, 0.2) is 0 Å². The predicted octanol–water partition coefficient (Wildman–Crippen LogP) is 23.2. The maximum absolute atomic E-state index is 12.9. The predicted molar refractivity (Wildman–Crippen MR) is 494 cm³/mol. The minimum Gasteiger partial charge on any atom is -0.493 e. The maximum atomic E-state index is 12.9. The topological polar surface area (TPSA) is 261 Å². The Morgan fingerprint density at radius 2 is 0.767 bits per heavy atom. The number of amides is 1. The lowest BCUT2D eigenvalue weighted by molar-refractivity contribution is -0.158. The highest BCUT2D eigenvalue weighted by Crippen LogP contribution is 2.36. The maximum Gasteiger partial charge on any atom is 0.355 e. The van der Waals surface area contributed by atoms with Crippen LogP contribution in [-0.4, -0.2) is 126 Å². The molecule has 0 spiro atoms. The van der Waals surface area contributed by atoms with Crippen molar-refractivity contribution >= 4 is 29.5 Å². The molecule has 6 aromatic rings. The van der Waals surface area contributed by atoms with Crippen molar-refractivity contribution in [1.82, 2.24) is 0 Å². The lowest BCUT2D eigenvalue weighted by Gasteiger charge is -2.27. The number of nitrogens with one attached hydrogen (secondary N) is 1. The van der Waals surface area contributed by atoms with Gasteiger partial charge in [0.05, 0.1) is 89.0 Å². The second-order valence-electron chi connectivity index (χ2n) is 30.0. The van der Waals surface area contributed by atoms with Gasteiger partial charge in [0.1, 0.15) is 55.2 Å². The van der Waals surface area contributed by atoms with Gasteiger partial charge in [-0.05, 0) is 170 Å². The summed E-state index contributed by atoms with van der Waals surface area (Å²) in [6.45, 7) is 41.9. The summed E-state index contributed by atoms with van der Waals surface area (Å²) < 4.78 is 72.5. The van der Waals surface area contributed by atoms with E-state index in [1.54, 1.807) is 49.2 Å². The number of hydrogen-bond donors (Lipinski definition) is 4. The second-order valence-corrected chi connectivity index (χ2v) is 30.0. The summed E-state index contributed by atoms with van der Waals surface area (Å²) in [5.41, 5.74) is 11.7. The van der Waals surface area contributed by atoms with E-state index in [4.69, 9.17) is 61.6 Å². The Morgan fingerprint density at radius 1 is 0.408 bits per heavy atom.